The van der Waals surface area contributed by atoms with Crippen LogP contribution in [0, 0.1) is 5.41 Å². The molecule has 0 radical (unpaired) electrons. The zero-order valence-electron chi connectivity index (χ0n) is 11.9. The average Bonchev–Trinajstić information content (AvgIpc) is 2.39. The highest BCUT2D eigenvalue weighted by molar-refractivity contribution is 7.99. The molecule has 1 aliphatic rings. The van der Waals surface area contributed by atoms with E-state index in [4.69, 9.17) is 4.74 Å². The molecule has 110 valence electrons. The van der Waals surface area contributed by atoms with Crippen molar-refractivity contribution >= 4 is 17.7 Å². The number of aliphatic hydroxyl groups is 1. The monoisotopic (exact) mass is 294 g/mol. The lowest BCUT2D eigenvalue weighted by molar-refractivity contribution is -0.172. The molecule has 3 nitrogen and oxygen atoms in total. The van der Waals surface area contributed by atoms with E-state index in [1.165, 1.54) is 4.90 Å². The summed E-state index contributed by atoms with van der Waals surface area (Å²) in [4.78, 5) is 13.2. The van der Waals surface area contributed by atoms with Crippen LogP contribution in [0.15, 0.2) is 35.2 Å². The summed E-state index contributed by atoms with van der Waals surface area (Å²) in [5.74, 6) is 0.593. The summed E-state index contributed by atoms with van der Waals surface area (Å²) in [5.41, 5.74) is -0.632. The fraction of sp³-hybridized carbons (Fsp3) is 0.562. The van der Waals surface area contributed by atoms with Gasteiger partial charge in [0.25, 0.3) is 0 Å². The van der Waals surface area contributed by atoms with Gasteiger partial charge >= 0.3 is 5.97 Å². The van der Waals surface area contributed by atoms with Crippen LogP contribution in [0.1, 0.15) is 32.6 Å². The second-order valence-electron chi connectivity index (χ2n) is 5.20. The highest BCUT2D eigenvalue weighted by atomic mass is 32.2. The van der Waals surface area contributed by atoms with Gasteiger partial charge in [0.05, 0.1) is 18.1 Å². The number of benzene rings is 1. The predicted molar refractivity (Wildman–Crippen MR) is 80.7 cm³/mol. The van der Waals surface area contributed by atoms with Crippen molar-refractivity contribution in [2.24, 2.45) is 5.41 Å². The molecule has 0 aromatic heterocycles. The lowest BCUT2D eigenvalue weighted by atomic mass is 9.64. The Morgan fingerprint density at radius 3 is 2.65 bits per heavy atom. The molecular weight excluding hydrogens is 272 g/mol. The fourth-order valence-corrected chi connectivity index (χ4v) is 3.51. The third kappa shape index (κ3) is 3.36. The van der Waals surface area contributed by atoms with Crippen molar-refractivity contribution in [3.05, 3.63) is 30.3 Å². The molecule has 1 aromatic carbocycles. The van der Waals surface area contributed by atoms with Gasteiger partial charge in [-0.05, 0) is 38.3 Å². The molecule has 0 spiro atoms. The molecule has 1 N–H and O–H groups in total. The molecule has 0 amide bonds. The molecule has 0 aliphatic heterocycles. The number of rotatable bonds is 7. The third-order valence-corrected chi connectivity index (χ3v) is 5.01. The Morgan fingerprint density at radius 1 is 1.40 bits per heavy atom. The van der Waals surface area contributed by atoms with Crippen LogP contribution in [0.3, 0.4) is 0 Å². The number of carbonyl (C=O) groups excluding carboxylic acids is 1. The molecule has 1 aliphatic carbocycles. The smallest absolute Gasteiger partial charge is 0.314 e. The fourth-order valence-electron chi connectivity index (χ4n) is 2.59. The van der Waals surface area contributed by atoms with Crippen molar-refractivity contribution in [3.8, 4) is 0 Å². The first-order valence-electron chi connectivity index (χ1n) is 7.22. The van der Waals surface area contributed by atoms with Crippen LogP contribution in [0.5, 0.6) is 0 Å². The molecule has 2 rings (SSSR count). The Labute approximate surface area is 124 Å². The molecule has 0 bridgehead atoms. The lowest BCUT2D eigenvalue weighted by Gasteiger charge is -2.42. The average molecular weight is 294 g/mol. The van der Waals surface area contributed by atoms with Gasteiger partial charge < -0.3 is 9.84 Å². The van der Waals surface area contributed by atoms with Gasteiger partial charge in [0.15, 0.2) is 0 Å². The van der Waals surface area contributed by atoms with Crippen molar-refractivity contribution in [2.45, 2.75) is 43.6 Å². The van der Waals surface area contributed by atoms with E-state index >= 15 is 0 Å². The largest absolute Gasteiger partial charge is 0.465 e. The summed E-state index contributed by atoms with van der Waals surface area (Å²) in [6.45, 7) is 2.19. The maximum absolute atomic E-state index is 12.0. The molecule has 4 heteroatoms. The van der Waals surface area contributed by atoms with Gasteiger partial charge in [-0.3, -0.25) is 4.79 Å². The number of esters is 1. The number of hydrogen-bond acceptors (Lipinski definition) is 4. The number of carbonyl (C=O) groups is 1. The normalized spacial score (nSPS) is 18.1. The Balaban J connectivity index is 1.84. The predicted octanol–water partition coefficient (Wildman–Crippen LogP) is 3.26. The summed E-state index contributed by atoms with van der Waals surface area (Å²) in [6.07, 6.45) is 2.54. The lowest BCUT2D eigenvalue weighted by Crippen LogP contribution is -2.49. The highest BCUT2D eigenvalue weighted by Gasteiger charge is 2.50. The van der Waals surface area contributed by atoms with Crippen molar-refractivity contribution in [2.75, 3.05) is 12.4 Å². The Bertz CT molecular complexity index is 429. The zero-order chi connectivity index (χ0) is 14.4. The second-order valence-corrected chi connectivity index (χ2v) is 6.36. The molecule has 1 aromatic rings. The Kier molecular flexibility index (Phi) is 5.49. The first-order chi connectivity index (χ1) is 9.69. The minimum absolute atomic E-state index is 0.219. The van der Waals surface area contributed by atoms with Crippen LogP contribution >= 0.6 is 11.8 Å². The van der Waals surface area contributed by atoms with Crippen LogP contribution in [-0.2, 0) is 9.53 Å². The van der Waals surface area contributed by atoms with Gasteiger partial charge in [0.2, 0.25) is 0 Å². The van der Waals surface area contributed by atoms with Gasteiger partial charge in [-0.25, -0.2) is 0 Å². The quantitative estimate of drug-likeness (QED) is 0.619. The highest BCUT2D eigenvalue weighted by Crippen LogP contribution is 2.46. The van der Waals surface area contributed by atoms with Crippen LogP contribution in [0.4, 0.5) is 0 Å². The number of hydrogen-bond donors (Lipinski definition) is 1. The van der Waals surface area contributed by atoms with E-state index in [2.05, 4.69) is 12.1 Å². The van der Waals surface area contributed by atoms with E-state index in [1.807, 2.05) is 25.1 Å². The molecule has 1 unspecified atom stereocenters. The third-order valence-electron chi connectivity index (χ3n) is 3.97. The van der Waals surface area contributed by atoms with Crippen LogP contribution in [0.25, 0.3) is 0 Å². The van der Waals surface area contributed by atoms with E-state index in [0.29, 0.717) is 13.0 Å². The van der Waals surface area contributed by atoms with E-state index in [-0.39, 0.29) is 5.97 Å². The van der Waals surface area contributed by atoms with Gasteiger partial charge in [0, 0.05) is 10.6 Å². The van der Waals surface area contributed by atoms with Gasteiger partial charge in [-0.1, -0.05) is 24.6 Å². The van der Waals surface area contributed by atoms with E-state index in [1.54, 1.807) is 11.8 Å². The molecular formula is C16H22O3S. The second kappa shape index (κ2) is 7.14. The van der Waals surface area contributed by atoms with Crippen LogP contribution < -0.4 is 0 Å². The van der Waals surface area contributed by atoms with Crippen molar-refractivity contribution in [1.29, 1.82) is 0 Å². The molecule has 0 saturated heterocycles. The summed E-state index contributed by atoms with van der Waals surface area (Å²) in [7, 11) is 0. The summed E-state index contributed by atoms with van der Waals surface area (Å²) < 4.78 is 5.13. The topological polar surface area (TPSA) is 46.5 Å². The standard InChI is InChI=1S/C16H22O3S/c1-2-19-15(18)16(10-6-11-16)14(17)9-12-20-13-7-4-3-5-8-13/h3-5,7-8,14,17H,2,6,9-12H2,1H3. The van der Waals surface area contributed by atoms with E-state index < -0.39 is 11.5 Å². The van der Waals surface area contributed by atoms with E-state index in [0.717, 1.165) is 25.0 Å². The molecule has 20 heavy (non-hydrogen) atoms. The minimum atomic E-state index is -0.632. The van der Waals surface area contributed by atoms with Gasteiger partial charge in [-0.2, -0.15) is 0 Å². The Morgan fingerprint density at radius 2 is 2.10 bits per heavy atom. The Hall–Kier alpha value is -1.00. The number of thioether (sulfide) groups is 1. The minimum Gasteiger partial charge on any atom is -0.465 e. The van der Waals surface area contributed by atoms with E-state index in [9.17, 15) is 9.90 Å². The van der Waals surface area contributed by atoms with Crippen molar-refractivity contribution < 1.29 is 14.6 Å². The summed E-state index contributed by atoms with van der Waals surface area (Å²) in [5, 5.41) is 10.4. The van der Waals surface area contributed by atoms with Crippen molar-refractivity contribution in [1.82, 2.24) is 0 Å². The van der Waals surface area contributed by atoms with Gasteiger partial charge in [-0.15, -0.1) is 11.8 Å². The first kappa shape index (κ1) is 15.4. The van der Waals surface area contributed by atoms with Gasteiger partial charge in [0.1, 0.15) is 0 Å². The van der Waals surface area contributed by atoms with Crippen molar-refractivity contribution in [3.63, 3.8) is 0 Å². The zero-order valence-corrected chi connectivity index (χ0v) is 12.7. The summed E-state index contributed by atoms with van der Waals surface area (Å²) in [6, 6.07) is 10.1. The maximum atomic E-state index is 12.0. The van der Waals surface area contributed by atoms with Crippen LogP contribution in [-0.4, -0.2) is 29.5 Å². The number of ether oxygens (including phenoxy) is 1. The molecule has 1 saturated carbocycles. The molecule has 1 atom stereocenters. The molecule has 0 heterocycles. The summed E-state index contributed by atoms with van der Waals surface area (Å²) >= 11 is 1.71. The SMILES string of the molecule is CCOC(=O)C1(C(O)CCSc2ccccc2)CCC1. The van der Waals surface area contributed by atoms with Crippen LogP contribution in [0.2, 0.25) is 0 Å². The number of aliphatic hydroxyl groups excluding tert-OH is 1. The maximum Gasteiger partial charge on any atom is 0.314 e. The first-order valence-corrected chi connectivity index (χ1v) is 8.21. The molecule has 1 fully saturated rings.